The van der Waals surface area contributed by atoms with Crippen molar-refractivity contribution in [2.24, 2.45) is 11.7 Å². The monoisotopic (exact) mass is 304 g/mol. The van der Waals surface area contributed by atoms with E-state index in [9.17, 15) is 4.79 Å². The second-order valence-electron chi connectivity index (χ2n) is 5.49. The zero-order chi connectivity index (χ0) is 14.7. The molecule has 1 saturated heterocycles. The molecule has 6 heteroatoms. The molecule has 0 radical (unpaired) electrons. The van der Waals surface area contributed by atoms with E-state index in [0.717, 1.165) is 42.7 Å². The third-order valence-electron chi connectivity index (χ3n) is 3.95. The van der Waals surface area contributed by atoms with Crippen LogP contribution in [0, 0.1) is 5.92 Å². The van der Waals surface area contributed by atoms with Crippen LogP contribution in [0.2, 0.25) is 0 Å². The molecule has 0 saturated carbocycles. The molecule has 2 aromatic rings. The predicted octanol–water partition coefficient (Wildman–Crippen LogP) is 1.91. The number of hydrogen-bond donors (Lipinski definition) is 2. The highest BCUT2D eigenvalue weighted by Crippen LogP contribution is 2.25. The fourth-order valence-corrected chi connectivity index (χ4v) is 3.55. The Balaban J connectivity index is 1.54. The van der Waals surface area contributed by atoms with E-state index in [4.69, 9.17) is 5.73 Å². The minimum absolute atomic E-state index is 0.0141. The lowest BCUT2D eigenvalue weighted by atomic mass is 9.97. The number of nitrogens with two attached hydrogens (primary N) is 1. The number of fused-ring (bicyclic) bond motifs is 1. The van der Waals surface area contributed by atoms with Gasteiger partial charge in [0.1, 0.15) is 0 Å². The Labute approximate surface area is 128 Å². The Morgan fingerprint density at radius 3 is 2.86 bits per heavy atom. The Hall–Kier alpha value is -1.50. The molecule has 0 spiro atoms. The van der Waals surface area contributed by atoms with E-state index in [1.54, 1.807) is 0 Å². The van der Waals surface area contributed by atoms with Gasteiger partial charge >= 0.3 is 0 Å². The molecule has 1 aromatic heterocycles. The van der Waals surface area contributed by atoms with Crippen molar-refractivity contribution >= 4 is 32.6 Å². The van der Waals surface area contributed by atoms with Gasteiger partial charge in [0, 0.05) is 0 Å². The first-order valence-electron chi connectivity index (χ1n) is 7.32. The molecule has 2 heterocycles. The number of piperidine rings is 1. The van der Waals surface area contributed by atoms with Crippen LogP contribution in [-0.4, -0.2) is 42.0 Å². The van der Waals surface area contributed by atoms with Crippen LogP contribution in [0.3, 0.4) is 0 Å². The second-order valence-corrected chi connectivity index (χ2v) is 6.52. The van der Waals surface area contributed by atoms with Crippen molar-refractivity contribution in [2.45, 2.75) is 12.8 Å². The summed E-state index contributed by atoms with van der Waals surface area (Å²) in [6.45, 7) is 3.10. The number of anilines is 1. The Kier molecular flexibility index (Phi) is 4.48. The summed E-state index contributed by atoms with van der Waals surface area (Å²) in [5.41, 5.74) is 6.62. The van der Waals surface area contributed by atoms with Gasteiger partial charge in [0.2, 0.25) is 5.91 Å². The average Bonchev–Trinajstić information content (AvgIpc) is 2.90. The van der Waals surface area contributed by atoms with E-state index in [1.165, 1.54) is 11.3 Å². The van der Waals surface area contributed by atoms with E-state index in [0.29, 0.717) is 17.6 Å². The zero-order valence-electron chi connectivity index (χ0n) is 11.9. The van der Waals surface area contributed by atoms with Crippen molar-refractivity contribution in [3.63, 3.8) is 0 Å². The lowest BCUT2D eigenvalue weighted by Crippen LogP contribution is -2.40. The van der Waals surface area contributed by atoms with Crippen molar-refractivity contribution < 1.29 is 4.79 Å². The minimum Gasteiger partial charge on any atom is -0.330 e. The first kappa shape index (κ1) is 14.4. The van der Waals surface area contributed by atoms with Crippen molar-refractivity contribution in [1.29, 1.82) is 0 Å². The fraction of sp³-hybridized carbons (Fsp3) is 0.467. The standard InChI is InChI=1S/C15H20N4OS/c16-9-11-5-7-19(8-6-11)10-14(20)18-15-17-12-3-1-2-4-13(12)21-15/h1-4,11H,5-10,16H2,(H,17,18,20). The van der Waals surface area contributed by atoms with Gasteiger partial charge in [-0.1, -0.05) is 23.5 Å². The maximum atomic E-state index is 12.1. The molecule has 1 aromatic carbocycles. The molecule has 5 nitrogen and oxygen atoms in total. The molecule has 0 atom stereocenters. The van der Waals surface area contributed by atoms with Gasteiger partial charge in [0.05, 0.1) is 16.8 Å². The highest BCUT2D eigenvalue weighted by atomic mass is 32.1. The number of benzene rings is 1. The molecule has 1 amide bonds. The number of nitrogens with zero attached hydrogens (tertiary/aromatic N) is 2. The summed E-state index contributed by atoms with van der Waals surface area (Å²) < 4.78 is 1.09. The van der Waals surface area contributed by atoms with Gasteiger partial charge in [-0.3, -0.25) is 9.69 Å². The van der Waals surface area contributed by atoms with Crippen LogP contribution >= 0.6 is 11.3 Å². The number of thiazole rings is 1. The van der Waals surface area contributed by atoms with Crippen molar-refractivity contribution in [2.75, 3.05) is 31.5 Å². The summed E-state index contributed by atoms with van der Waals surface area (Å²) in [7, 11) is 0. The molecule has 3 N–H and O–H groups in total. The molecule has 0 unspecified atom stereocenters. The van der Waals surface area contributed by atoms with E-state index in [-0.39, 0.29) is 5.91 Å². The summed E-state index contributed by atoms with van der Waals surface area (Å²) in [6, 6.07) is 7.91. The number of nitrogens with one attached hydrogen (secondary N) is 1. The van der Waals surface area contributed by atoms with E-state index in [1.807, 2.05) is 24.3 Å². The van der Waals surface area contributed by atoms with Crippen LogP contribution in [0.15, 0.2) is 24.3 Å². The highest BCUT2D eigenvalue weighted by molar-refractivity contribution is 7.22. The van der Waals surface area contributed by atoms with Gasteiger partial charge in [0.25, 0.3) is 0 Å². The molecule has 1 aliphatic rings. The summed E-state index contributed by atoms with van der Waals surface area (Å²) in [5, 5.41) is 3.58. The van der Waals surface area contributed by atoms with E-state index in [2.05, 4.69) is 15.2 Å². The van der Waals surface area contributed by atoms with Crippen LogP contribution in [0.5, 0.6) is 0 Å². The number of rotatable bonds is 4. The lowest BCUT2D eigenvalue weighted by Gasteiger charge is -2.30. The van der Waals surface area contributed by atoms with Crippen molar-refractivity contribution in [3.05, 3.63) is 24.3 Å². The molecule has 21 heavy (non-hydrogen) atoms. The Morgan fingerprint density at radius 1 is 1.38 bits per heavy atom. The average molecular weight is 304 g/mol. The van der Waals surface area contributed by atoms with Crippen LogP contribution in [0.1, 0.15) is 12.8 Å². The van der Waals surface area contributed by atoms with E-state index < -0.39 is 0 Å². The minimum atomic E-state index is 0.0141. The topological polar surface area (TPSA) is 71.2 Å². The van der Waals surface area contributed by atoms with Crippen LogP contribution in [0.4, 0.5) is 5.13 Å². The number of hydrogen-bond acceptors (Lipinski definition) is 5. The van der Waals surface area contributed by atoms with Crippen molar-refractivity contribution in [3.8, 4) is 0 Å². The van der Waals surface area contributed by atoms with Gasteiger partial charge in [-0.2, -0.15) is 0 Å². The summed E-state index contributed by atoms with van der Waals surface area (Å²) in [6.07, 6.45) is 2.18. The molecule has 0 bridgehead atoms. The fourth-order valence-electron chi connectivity index (χ4n) is 2.67. The molecule has 0 aliphatic carbocycles. The van der Waals surface area contributed by atoms with Gasteiger partial charge in [-0.15, -0.1) is 0 Å². The Bertz CT molecular complexity index is 586. The normalized spacial score (nSPS) is 17.2. The lowest BCUT2D eigenvalue weighted by molar-refractivity contribution is -0.117. The Morgan fingerprint density at radius 2 is 2.14 bits per heavy atom. The first-order valence-corrected chi connectivity index (χ1v) is 8.14. The van der Waals surface area contributed by atoms with Crippen LogP contribution in [-0.2, 0) is 4.79 Å². The smallest absolute Gasteiger partial charge is 0.240 e. The third-order valence-corrected chi connectivity index (χ3v) is 4.90. The summed E-state index contributed by atoms with van der Waals surface area (Å²) in [4.78, 5) is 18.7. The number of para-hydroxylation sites is 1. The summed E-state index contributed by atoms with van der Waals surface area (Å²) >= 11 is 1.51. The van der Waals surface area contributed by atoms with Gasteiger partial charge in [-0.25, -0.2) is 4.98 Å². The maximum Gasteiger partial charge on any atom is 0.240 e. The van der Waals surface area contributed by atoms with Gasteiger partial charge in [0.15, 0.2) is 5.13 Å². The SMILES string of the molecule is NCC1CCN(CC(=O)Nc2nc3ccccc3s2)CC1. The molecular weight excluding hydrogens is 284 g/mol. The molecule has 112 valence electrons. The van der Waals surface area contributed by atoms with Crippen LogP contribution < -0.4 is 11.1 Å². The number of aromatic nitrogens is 1. The third kappa shape index (κ3) is 3.58. The molecule has 3 rings (SSSR count). The quantitative estimate of drug-likeness (QED) is 0.905. The highest BCUT2D eigenvalue weighted by Gasteiger charge is 2.20. The number of amides is 1. The molecular formula is C15H20N4OS. The van der Waals surface area contributed by atoms with Gasteiger partial charge in [-0.05, 0) is 50.5 Å². The number of carbonyl (C=O) groups is 1. The van der Waals surface area contributed by atoms with Crippen LogP contribution in [0.25, 0.3) is 10.2 Å². The largest absolute Gasteiger partial charge is 0.330 e. The summed E-state index contributed by atoms with van der Waals surface area (Å²) in [5.74, 6) is 0.633. The number of carbonyl (C=O) groups excluding carboxylic acids is 1. The van der Waals surface area contributed by atoms with Crippen molar-refractivity contribution in [1.82, 2.24) is 9.88 Å². The molecule has 1 fully saturated rings. The maximum absolute atomic E-state index is 12.1. The van der Waals surface area contributed by atoms with Gasteiger partial charge < -0.3 is 11.1 Å². The van der Waals surface area contributed by atoms with E-state index >= 15 is 0 Å². The zero-order valence-corrected chi connectivity index (χ0v) is 12.7. The molecule has 1 aliphatic heterocycles. The second kappa shape index (κ2) is 6.51. The predicted molar refractivity (Wildman–Crippen MR) is 86.5 cm³/mol. The first-order chi connectivity index (χ1) is 10.2. The number of likely N-dealkylation sites (tertiary alicyclic amines) is 1.